The van der Waals surface area contributed by atoms with E-state index >= 15 is 0 Å². The van der Waals surface area contributed by atoms with Gasteiger partial charge in [-0.25, -0.2) is 0 Å². The average molecular weight is 267 g/mol. The number of thioether (sulfide) groups is 1. The Morgan fingerprint density at radius 2 is 1.74 bits per heavy atom. The quantitative estimate of drug-likeness (QED) is 0.619. The van der Waals surface area contributed by atoms with Gasteiger partial charge in [-0.2, -0.15) is 5.26 Å². The van der Waals surface area contributed by atoms with E-state index in [0.29, 0.717) is 5.56 Å². The van der Waals surface area contributed by atoms with Gasteiger partial charge < -0.3 is 0 Å². The fourth-order valence-corrected chi connectivity index (χ4v) is 2.48. The van der Waals surface area contributed by atoms with E-state index in [1.807, 2.05) is 48.5 Å². The van der Waals surface area contributed by atoms with E-state index in [2.05, 4.69) is 6.07 Å². The Labute approximate surface area is 117 Å². The number of benzene rings is 2. The van der Waals surface area contributed by atoms with Crippen LogP contribution >= 0.6 is 11.8 Å². The van der Waals surface area contributed by atoms with Crippen molar-refractivity contribution in [3.63, 3.8) is 0 Å². The molecule has 0 spiro atoms. The number of nitriles is 1. The zero-order chi connectivity index (χ0) is 13.7. The number of carbonyl (C=O) groups is 1. The van der Waals surface area contributed by atoms with Gasteiger partial charge in [0, 0.05) is 16.2 Å². The molecule has 0 aliphatic carbocycles. The van der Waals surface area contributed by atoms with Gasteiger partial charge in [-0.15, -0.1) is 11.8 Å². The first kappa shape index (κ1) is 13.4. The van der Waals surface area contributed by atoms with E-state index < -0.39 is 0 Å². The summed E-state index contributed by atoms with van der Waals surface area (Å²) in [4.78, 5) is 12.3. The molecular formula is C16H13NOS. The zero-order valence-corrected chi connectivity index (χ0v) is 11.4. The summed E-state index contributed by atoms with van der Waals surface area (Å²) in [6.45, 7) is 1.57. The van der Waals surface area contributed by atoms with Crippen LogP contribution in [-0.4, -0.2) is 5.78 Å². The van der Waals surface area contributed by atoms with Gasteiger partial charge in [-0.3, -0.25) is 4.79 Å². The third kappa shape index (κ3) is 3.70. The lowest BCUT2D eigenvalue weighted by molar-refractivity contribution is 0.101. The van der Waals surface area contributed by atoms with Gasteiger partial charge in [0.25, 0.3) is 0 Å². The van der Waals surface area contributed by atoms with Gasteiger partial charge in [0.05, 0.1) is 11.6 Å². The summed E-state index contributed by atoms with van der Waals surface area (Å²) in [5.74, 6) is 0.939. The highest BCUT2D eigenvalue weighted by atomic mass is 32.2. The molecule has 0 aliphatic heterocycles. The van der Waals surface area contributed by atoms with Gasteiger partial charge in [-0.1, -0.05) is 24.3 Å². The number of hydrogen-bond acceptors (Lipinski definition) is 3. The number of Topliss-reactive ketones (excluding diaryl/α,β-unsaturated/α-hetero) is 1. The van der Waals surface area contributed by atoms with E-state index in [0.717, 1.165) is 16.2 Å². The molecule has 0 aromatic heterocycles. The first-order chi connectivity index (χ1) is 9.19. The third-order valence-corrected chi connectivity index (χ3v) is 3.83. The van der Waals surface area contributed by atoms with E-state index in [9.17, 15) is 4.79 Å². The Morgan fingerprint density at radius 1 is 1.11 bits per heavy atom. The molecule has 0 aliphatic rings. The van der Waals surface area contributed by atoms with Crippen LogP contribution in [0.3, 0.4) is 0 Å². The summed E-state index contributed by atoms with van der Waals surface area (Å²) in [5, 5.41) is 8.72. The van der Waals surface area contributed by atoms with Gasteiger partial charge in [0.1, 0.15) is 0 Å². The van der Waals surface area contributed by atoms with Crippen molar-refractivity contribution in [1.29, 1.82) is 5.26 Å². The second kappa shape index (κ2) is 6.21. The van der Waals surface area contributed by atoms with Crippen molar-refractivity contribution in [2.24, 2.45) is 0 Å². The number of hydrogen-bond donors (Lipinski definition) is 0. The predicted octanol–water partition coefficient (Wildman–Crippen LogP) is 4.05. The Hall–Kier alpha value is -2.05. The molecule has 0 heterocycles. The third-order valence-electron chi connectivity index (χ3n) is 2.75. The molecule has 94 valence electrons. The lowest BCUT2D eigenvalue weighted by Crippen LogP contribution is -1.90. The maximum atomic E-state index is 11.2. The lowest BCUT2D eigenvalue weighted by atomic mass is 10.2. The summed E-state index contributed by atoms with van der Waals surface area (Å²) in [7, 11) is 0. The number of carbonyl (C=O) groups excluding carboxylic acids is 1. The molecule has 0 N–H and O–H groups in total. The van der Waals surface area contributed by atoms with Crippen LogP contribution in [0.2, 0.25) is 0 Å². The zero-order valence-electron chi connectivity index (χ0n) is 10.6. The topological polar surface area (TPSA) is 40.9 Å². The minimum absolute atomic E-state index is 0.0867. The smallest absolute Gasteiger partial charge is 0.159 e. The van der Waals surface area contributed by atoms with E-state index in [1.165, 1.54) is 5.56 Å². The standard InChI is InChI=1S/C16H13NOS/c1-12(18)15-6-8-16(9-7-15)19-11-14-4-2-13(10-17)3-5-14/h2-9H,11H2,1H3. The Kier molecular flexibility index (Phi) is 4.38. The monoisotopic (exact) mass is 267 g/mol. The number of rotatable bonds is 4. The highest BCUT2D eigenvalue weighted by molar-refractivity contribution is 7.98. The summed E-state index contributed by atoms with van der Waals surface area (Å²) in [5.41, 5.74) is 2.60. The van der Waals surface area contributed by atoms with Gasteiger partial charge in [0.15, 0.2) is 5.78 Å². The van der Waals surface area contributed by atoms with Crippen LogP contribution in [0.15, 0.2) is 53.4 Å². The fourth-order valence-electron chi connectivity index (χ4n) is 1.63. The van der Waals surface area contributed by atoms with Crippen LogP contribution in [-0.2, 0) is 5.75 Å². The van der Waals surface area contributed by atoms with E-state index in [1.54, 1.807) is 18.7 Å². The van der Waals surface area contributed by atoms with Crippen molar-refractivity contribution < 1.29 is 4.79 Å². The molecule has 2 nitrogen and oxygen atoms in total. The van der Waals surface area contributed by atoms with Crippen LogP contribution in [0.5, 0.6) is 0 Å². The van der Waals surface area contributed by atoms with Crippen LogP contribution in [0, 0.1) is 11.3 Å². The molecule has 2 rings (SSSR count). The Balaban J connectivity index is 1.98. The first-order valence-electron chi connectivity index (χ1n) is 5.92. The lowest BCUT2D eigenvalue weighted by Gasteiger charge is -2.03. The summed E-state index contributed by atoms with van der Waals surface area (Å²) in [6.07, 6.45) is 0. The minimum Gasteiger partial charge on any atom is -0.295 e. The molecule has 3 heteroatoms. The Morgan fingerprint density at radius 3 is 2.26 bits per heavy atom. The van der Waals surface area contributed by atoms with Crippen molar-refractivity contribution in [3.05, 3.63) is 65.2 Å². The predicted molar refractivity (Wildman–Crippen MR) is 77.2 cm³/mol. The summed E-state index contributed by atoms with van der Waals surface area (Å²) >= 11 is 1.71. The van der Waals surface area contributed by atoms with E-state index in [-0.39, 0.29) is 5.78 Å². The molecule has 0 atom stereocenters. The first-order valence-corrected chi connectivity index (χ1v) is 6.90. The number of ketones is 1. The molecular weight excluding hydrogens is 254 g/mol. The molecule has 0 radical (unpaired) electrons. The van der Waals surface area contributed by atoms with Gasteiger partial charge >= 0.3 is 0 Å². The molecule has 2 aromatic rings. The molecule has 0 unspecified atom stereocenters. The Bertz CT molecular complexity index is 609. The van der Waals surface area contributed by atoms with E-state index in [4.69, 9.17) is 5.26 Å². The molecule has 2 aromatic carbocycles. The SMILES string of the molecule is CC(=O)c1ccc(SCc2ccc(C#N)cc2)cc1. The molecule has 0 saturated carbocycles. The van der Waals surface area contributed by atoms with Crippen molar-refractivity contribution in [2.45, 2.75) is 17.6 Å². The van der Waals surface area contributed by atoms with Gasteiger partial charge in [-0.05, 0) is 36.8 Å². The molecule has 0 saturated heterocycles. The number of nitrogens with zero attached hydrogens (tertiary/aromatic N) is 1. The maximum absolute atomic E-state index is 11.2. The molecule has 19 heavy (non-hydrogen) atoms. The van der Waals surface area contributed by atoms with Crippen molar-refractivity contribution in [3.8, 4) is 6.07 Å². The average Bonchev–Trinajstić information content (AvgIpc) is 2.46. The second-order valence-corrected chi connectivity index (χ2v) is 5.23. The van der Waals surface area contributed by atoms with Gasteiger partial charge in [0.2, 0.25) is 0 Å². The normalized spacial score (nSPS) is 9.89. The second-order valence-electron chi connectivity index (χ2n) is 4.18. The highest BCUT2D eigenvalue weighted by Gasteiger charge is 2.00. The fraction of sp³-hybridized carbons (Fsp3) is 0.125. The van der Waals surface area contributed by atoms with Crippen LogP contribution < -0.4 is 0 Å². The molecule has 0 amide bonds. The summed E-state index contributed by atoms with van der Waals surface area (Å²) in [6, 6.07) is 17.3. The molecule has 0 fully saturated rings. The van der Waals surface area contributed by atoms with Crippen molar-refractivity contribution in [1.82, 2.24) is 0 Å². The largest absolute Gasteiger partial charge is 0.295 e. The minimum atomic E-state index is 0.0867. The van der Waals surface area contributed by atoms with Crippen molar-refractivity contribution >= 4 is 17.5 Å². The van der Waals surface area contributed by atoms with Crippen LogP contribution in [0.25, 0.3) is 0 Å². The molecule has 0 bridgehead atoms. The van der Waals surface area contributed by atoms with Crippen LogP contribution in [0.4, 0.5) is 0 Å². The highest BCUT2D eigenvalue weighted by Crippen LogP contribution is 2.23. The maximum Gasteiger partial charge on any atom is 0.159 e. The van der Waals surface area contributed by atoms with Crippen molar-refractivity contribution in [2.75, 3.05) is 0 Å². The van der Waals surface area contributed by atoms with Crippen LogP contribution in [0.1, 0.15) is 28.4 Å². The summed E-state index contributed by atoms with van der Waals surface area (Å²) < 4.78 is 0.